The Bertz CT molecular complexity index is 1220. The Morgan fingerprint density at radius 2 is 1.61 bits per heavy atom. The van der Waals surface area contributed by atoms with Gasteiger partial charge in [-0.3, -0.25) is 9.36 Å². The van der Waals surface area contributed by atoms with Crippen LogP contribution in [-0.2, 0) is 0 Å². The number of aryl methyl sites for hydroxylation is 1. The number of fused-ring (bicyclic) bond motifs is 1. The van der Waals surface area contributed by atoms with Gasteiger partial charge in [-0.25, -0.2) is 4.98 Å². The van der Waals surface area contributed by atoms with E-state index in [1.165, 1.54) is 0 Å². The number of methoxy groups -OCH3 is 1. The fourth-order valence-electron chi connectivity index (χ4n) is 3.17. The summed E-state index contributed by atoms with van der Waals surface area (Å²) in [6.45, 7) is 2.02. The molecule has 4 nitrogen and oxygen atoms in total. The largest absolute Gasteiger partial charge is 0.496 e. The molecule has 4 rings (SSSR count). The topological polar surface area (TPSA) is 44.1 Å². The molecule has 0 aliphatic carbocycles. The summed E-state index contributed by atoms with van der Waals surface area (Å²) >= 11 is 0. The minimum absolute atomic E-state index is 0.0888. The molecule has 0 saturated heterocycles. The van der Waals surface area contributed by atoms with E-state index in [-0.39, 0.29) is 5.56 Å². The van der Waals surface area contributed by atoms with Crippen molar-refractivity contribution in [3.8, 4) is 11.4 Å². The molecule has 0 bridgehead atoms. The van der Waals surface area contributed by atoms with Crippen molar-refractivity contribution in [3.63, 3.8) is 0 Å². The molecule has 0 N–H and O–H groups in total. The summed E-state index contributed by atoms with van der Waals surface area (Å²) in [6.07, 6.45) is 3.77. The standard InChI is InChI=1S/C24H20N2O2/c1-17-11-14-19(15-12-17)26-23(16-13-18-7-3-6-10-22(18)28-2)25-21-9-5-4-8-20(21)24(26)27/h3-16H,1-2H3. The van der Waals surface area contributed by atoms with Gasteiger partial charge in [-0.2, -0.15) is 0 Å². The summed E-state index contributed by atoms with van der Waals surface area (Å²) in [5.41, 5.74) is 3.43. The Morgan fingerprint density at radius 3 is 2.39 bits per heavy atom. The highest BCUT2D eigenvalue weighted by molar-refractivity contribution is 5.80. The summed E-state index contributed by atoms with van der Waals surface area (Å²) in [5, 5.41) is 0.595. The second-order valence-electron chi connectivity index (χ2n) is 6.54. The second kappa shape index (κ2) is 7.53. The van der Waals surface area contributed by atoms with Gasteiger partial charge in [0.1, 0.15) is 11.6 Å². The van der Waals surface area contributed by atoms with Crippen LogP contribution in [0.2, 0.25) is 0 Å². The highest BCUT2D eigenvalue weighted by Gasteiger charge is 2.11. The van der Waals surface area contributed by atoms with Gasteiger partial charge in [0.15, 0.2) is 0 Å². The molecule has 0 atom stereocenters. The van der Waals surface area contributed by atoms with Crippen LogP contribution < -0.4 is 10.3 Å². The van der Waals surface area contributed by atoms with E-state index in [9.17, 15) is 4.79 Å². The molecule has 0 spiro atoms. The molecular weight excluding hydrogens is 348 g/mol. The average molecular weight is 368 g/mol. The molecule has 4 heteroatoms. The Hall–Kier alpha value is -3.66. The van der Waals surface area contributed by atoms with Gasteiger partial charge >= 0.3 is 0 Å². The van der Waals surface area contributed by atoms with Crippen molar-refractivity contribution < 1.29 is 4.74 Å². The molecular formula is C24H20N2O2. The number of para-hydroxylation sites is 2. The molecule has 0 unspecified atom stereocenters. The van der Waals surface area contributed by atoms with E-state index in [0.29, 0.717) is 16.7 Å². The molecule has 28 heavy (non-hydrogen) atoms. The van der Waals surface area contributed by atoms with Crippen LogP contribution in [0.25, 0.3) is 28.7 Å². The van der Waals surface area contributed by atoms with Gasteiger partial charge in [-0.1, -0.05) is 48.0 Å². The molecule has 0 radical (unpaired) electrons. The smallest absolute Gasteiger partial charge is 0.266 e. The Balaban J connectivity index is 1.93. The van der Waals surface area contributed by atoms with Gasteiger partial charge in [0.2, 0.25) is 0 Å². The zero-order valence-electron chi connectivity index (χ0n) is 15.8. The van der Waals surface area contributed by atoms with Crippen LogP contribution in [-0.4, -0.2) is 16.7 Å². The third kappa shape index (κ3) is 3.32. The van der Waals surface area contributed by atoms with Gasteiger partial charge in [0.05, 0.1) is 23.7 Å². The highest BCUT2D eigenvalue weighted by atomic mass is 16.5. The number of benzene rings is 3. The molecule has 138 valence electrons. The number of hydrogen-bond acceptors (Lipinski definition) is 3. The lowest BCUT2D eigenvalue weighted by Gasteiger charge is -2.12. The van der Waals surface area contributed by atoms with Crippen molar-refractivity contribution in [1.82, 2.24) is 9.55 Å². The minimum Gasteiger partial charge on any atom is -0.496 e. The molecule has 0 amide bonds. The first kappa shape index (κ1) is 17.7. The molecule has 3 aromatic carbocycles. The number of ether oxygens (including phenoxy) is 1. The third-order valence-corrected chi connectivity index (χ3v) is 4.64. The molecule has 0 aliphatic rings. The van der Waals surface area contributed by atoms with E-state index in [2.05, 4.69) is 0 Å². The predicted octanol–water partition coefficient (Wildman–Crippen LogP) is 4.87. The number of hydrogen-bond donors (Lipinski definition) is 0. The number of rotatable bonds is 4. The minimum atomic E-state index is -0.0888. The Labute approximate surface area is 163 Å². The third-order valence-electron chi connectivity index (χ3n) is 4.64. The van der Waals surface area contributed by atoms with Crippen LogP contribution in [0.15, 0.2) is 77.6 Å². The van der Waals surface area contributed by atoms with Crippen molar-refractivity contribution >= 4 is 23.1 Å². The van der Waals surface area contributed by atoms with Gasteiger partial charge in [-0.05, 0) is 49.4 Å². The maximum Gasteiger partial charge on any atom is 0.266 e. The first-order valence-corrected chi connectivity index (χ1v) is 9.07. The summed E-state index contributed by atoms with van der Waals surface area (Å²) < 4.78 is 7.06. The van der Waals surface area contributed by atoms with E-state index < -0.39 is 0 Å². The Morgan fingerprint density at radius 1 is 0.893 bits per heavy atom. The van der Waals surface area contributed by atoms with Crippen molar-refractivity contribution in [1.29, 1.82) is 0 Å². The number of aromatic nitrogens is 2. The van der Waals surface area contributed by atoms with Gasteiger partial charge in [0.25, 0.3) is 5.56 Å². The maximum atomic E-state index is 13.2. The zero-order chi connectivity index (χ0) is 19.5. The SMILES string of the molecule is COc1ccccc1C=Cc1nc2ccccc2c(=O)n1-c1ccc(C)cc1. The first-order valence-electron chi connectivity index (χ1n) is 9.07. The van der Waals surface area contributed by atoms with Crippen molar-refractivity contribution in [2.24, 2.45) is 0 Å². The molecule has 0 saturated carbocycles. The monoisotopic (exact) mass is 368 g/mol. The second-order valence-corrected chi connectivity index (χ2v) is 6.54. The van der Waals surface area contributed by atoms with Crippen LogP contribution in [0.4, 0.5) is 0 Å². The van der Waals surface area contributed by atoms with Crippen LogP contribution in [0, 0.1) is 6.92 Å². The summed E-state index contributed by atoms with van der Waals surface area (Å²) in [5.74, 6) is 1.34. The van der Waals surface area contributed by atoms with E-state index in [4.69, 9.17) is 9.72 Å². The lowest BCUT2D eigenvalue weighted by atomic mass is 10.1. The average Bonchev–Trinajstić information content (AvgIpc) is 2.73. The molecule has 1 heterocycles. The fourth-order valence-corrected chi connectivity index (χ4v) is 3.17. The van der Waals surface area contributed by atoms with Crippen LogP contribution in [0.3, 0.4) is 0 Å². The van der Waals surface area contributed by atoms with Crippen molar-refractivity contribution in [3.05, 3.63) is 100 Å². The predicted molar refractivity (Wildman–Crippen MR) is 114 cm³/mol. The Kier molecular flexibility index (Phi) is 4.77. The molecule has 0 aliphatic heterocycles. The van der Waals surface area contributed by atoms with E-state index in [0.717, 1.165) is 22.6 Å². The van der Waals surface area contributed by atoms with E-state index >= 15 is 0 Å². The maximum absolute atomic E-state index is 13.2. The van der Waals surface area contributed by atoms with E-state index in [1.807, 2.05) is 91.9 Å². The molecule has 1 aromatic heterocycles. The summed E-state index contributed by atoms with van der Waals surface area (Å²) in [6, 6.07) is 23.0. The van der Waals surface area contributed by atoms with Gasteiger partial charge < -0.3 is 4.74 Å². The van der Waals surface area contributed by atoms with Crippen LogP contribution >= 0.6 is 0 Å². The fraction of sp³-hybridized carbons (Fsp3) is 0.0833. The van der Waals surface area contributed by atoms with Crippen LogP contribution in [0.5, 0.6) is 5.75 Å². The van der Waals surface area contributed by atoms with Gasteiger partial charge in [0, 0.05) is 5.56 Å². The first-order chi connectivity index (χ1) is 13.7. The van der Waals surface area contributed by atoms with Crippen molar-refractivity contribution in [2.45, 2.75) is 6.92 Å². The van der Waals surface area contributed by atoms with Crippen LogP contribution in [0.1, 0.15) is 17.0 Å². The normalized spacial score (nSPS) is 11.2. The van der Waals surface area contributed by atoms with E-state index in [1.54, 1.807) is 11.7 Å². The van der Waals surface area contributed by atoms with Gasteiger partial charge in [-0.15, -0.1) is 0 Å². The zero-order valence-corrected chi connectivity index (χ0v) is 15.8. The lowest BCUT2D eigenvalue weighted by molar-refractivity contribution is 0.414. The summed E-state index contributed by atoms with van der Waals surface area (Å²) in [7, 11) is 1.64. The number of nitrogens with zero attached hydrogens (tertiary/aromatic N) is 2. The molecule has 4 aromatic rings. The lowest BCUT2D eigenvalue weighted by Crippen LogP contribution is -2.22. The van der Waals surface area contributed by atoms with Crippen molar-refractivity contribution in [2.75, 3.05) is 7.11 Å². The molecule has 0 fully saturated rings. The highest BCUT2D eigenvalue weighted by Crippen LogP contribution is 2.21. The quantitative estimate of drug-likeness (QED) is 0.516. The summed E-state index contributed by atoms with van der Waals surface area (Å²) in [4.78, 5) is 18.0.